The zero-order valence-electron chi connectivity index (χ0n) is 28.2. The van der Waals surface area contributed by atoms with Gasteiger partial charge in [0.1, 0.15) is 36.8 Å². The maximum atomic E-state index is 13.2. The lowest BCUT2D eigenvalue weighted by Crippen LogP contribution is -2.58. The molecular weight excluding hydrogens is 656 g/mol. The second kappa shape index (κ2) is 21.8. The molecule has 0 aliphatic rings. The number of guanidine groups is 2. The van der Waals surface area contributed by atoms with E-state index in [0.717, 1.165) is 0 Å². The predicted octanol–water partition coefficient (Wildman–Crippen LogP) is -3.91. The number of carboxylic acids is 1. The van der Waals surface area contributed by atoms with E-state index in [1.165, 1.54) is 20.8 Å². The highest BCUT2D eigenvalue weighted by molar-refractivity contribution is 5.99. The van der Waals surface area contributed by atoms with Gasteiger partial charge < -0.3 is 59.9 Å². The van der Waals surface area contributed by atoms with Crippen molar-refractivity contribution in [2.75, 3.05) is 19.6 Å². The number of carbonyl (C=O) groups excluding carboxylic acids is 6. The lowest BCUT2D eigenvalue weighted by molar-refractivity contribution is -0.138. The van der Waals surface area contributed by atoms with Gasteiger partial charge in [0.2, 0.25) is 29.5 Å². The minimum absolute atomic E-state index is 0.0320. The molecule has 0 aliphatic carbocycles. The van der Waals surface area contributed by atoms with Crippen LogP contribution in [0.25, 0.3) is 0 Å². The van der Waals surface area contributed by atoms with Crippen LogP contribution in [0.15, 0.2) is 40.3 Å². The van der Waals surface area contributed by atoms with E-state index in [9.17, 15) is 33.6 Å². The topological polar surface area (TPSA) is 341 Å². The molecule has 20 heteroatoms. The summed E-state index contributed by atoms with van der Waals surface area (Å²) in [6.07, 6.45) is 0.744. The number of carboxylic acid groups (broad SMARTS) is 1. The molecule has 0 heterocycles. The fourth-order valence-corrected chi connectivity index (χ4v) is 4.15. The van der Waals surface area contributed by atoms with Crippen LogP contribution in [0, 0.1) is 0 Å². The van der Waals surface area contributed by atoms with Crippen LogP contribution in [0.3, 0.4) is 0 Å². The van der Waals surface area contributed by atoms with Crippen molar-refractivity contribution in [2.45, 2.75) is 76.7 Å². The van der Waals surface area contributed by atoms with Gasteiger partial charge in [-0.1, -0.05) is 18.2 Å². The number of rotatable bonds is 21. The highest BCUT2D eigenvalue weighted by Gasteiger charge is 2.29. The zero-order valence-corrected chi connectivity index (χ0v) is 28.2. The third-order valence-electron chi connectivity index (χ3n) is 6.85. The first kappa shape index (κ1) is 42.1. The molecule has 20 nitrogen and oxygen atoms in total. The second-order valence-electron chi connectivity index (χ2n) is 11.2. The lowest BCUT2D eigenvalue weighted by Gasteiger charge is -2.24. The Morgan fingerprint density at radius 2 is 1.04 bits per heavy atom. The molecule has 0 radical (unpaired) electrons. The fourth-order valence-electron chi connectivity index (χ4n) is 4.15. The molecule has 0 unspecified atom stereocenters. The van der Waals surface area contributed by atoms with Gasteiger partial charge in [0.25, 0.3) is 5.91 Å². The number of carbonyl (C=O) groups is 7. The third-order valence-corrected chi connectivity index (χ3v) is 6.85. The molecule has 0 saturated heterocycles. The van der Waals surface area contributed by atoms with Crippen molar-refractivity contribution in [3.05, 3.63) is 35.9 Å². The minimum atomic E-state index is -1.28. The molecule has 0 aromatic heterocycles. The van der Waals surface area contributed by atoms with Gasteiger partial charge in [0, 0.05) is 18.7 Å². The largest absolute Gasteiger partial charge is 0.480 e. The summed E-state index contributed by atoms with van der Waals surface area (Å²) in [6.45, 7) is 3.72. The Bertz CT molecular complexity index is 1400. The smallest absolute Gasteiger partial charge is 0.322 e. The van der Waals surface area contributed by atoms with Gasteiger partial charge in [-0.05, 0) is 58.6 Å². The van der Waals surface area contributed by atoms with E-state index in [0.29, 0.717) is 12.0 Å². The van der Waals surface area contributed by atoms with Crippen LogP contribution in [-0.4, -0.2) is 108 Å². The number of hydrogen-bond acceptors (Lipinski definition) is 9. The van der Waals surface area contributed by atoms with Crippen LogP contribution in [0.2, 0.25) is 0 Å². The Balaban J connectivity index is 2.91. The van der Waals surface area contributed by atoms with Crippen molar-refractivity contribution in [2.24, 2.45) is 32.9 Å². The summed E-state index contributed by atoms with van der Waals surface area (Å²) in [5, 5.41) is 23.5. The van der Waals surface area contributed by atoms with Gasteiger partial charge in [-0.25, -0.2) is 0 Å². The predicted molar refractivity (Wildman–Crippen MR) is 183 cm³/mol. The van der Waals surface area contributed by atoms with Crippen LogP contribution < -0.4 is 54.8 Å². The number of nitrogens with one attached hydrogen (secondary N) is 6. The molecule has 1 aromatic carbocycles. The van der Waals surface area contributed by atoms with Gasteiger partial charge in [0.05, 0.1) is 0 Å². The van der Waals surface area contributed by atoms with Gasteiger partial charge in [0.15, 0.2) is 11.9 Å². The first-order valence-corrected chi connectivity index (χ1v) is 15.7. The maximum absolute atomic E-state index is 13.2. The Kier molecular flexibility index (Phi) is 18.4. The normalized spacial score (nSPS) is 13.4. The molecule has 0 fully saturated rings. The Morgan fingerprint density at radius 3 is 1.50 bits per heavy atom. The van der Waals surface area contributed by atoms with E-state index in [4.69, 9.17) is 28.0 Å². The highest BCUT2D eigenvalue weighted by Crippen LogP contribution is 2.05. The van der Waals surface area contributed by atoms with E-state index >= 15 is 0 Å². The van der Waals surface area contributed by atoms with E-state index in [2.05, 4.69) is 41.9 Å². The number of aliphatic carboxylic acids is 1. The number of nitrogens with zero attached hydrogens (tertiary/aromatic N) is 2. The van der Waals surface area contributed by atoms with Crippen molar-refractivity contribution < 1.29 is 38.7 Å². The van der Waals surface area contributed by atoms with Crippen molar-refractivity contribution in [3.8, 4) is 0 Å². The zero-order chi connectivity index (χ0) is 37.8. The Morgan fingerprint density at radius 1 is 0.620 bits per heavy atom. The van der Waals surface area contributed by atoms with Gasteiger partial charge in [-0.3, -0.25) is 43.5 Å². The first-order valence-electron chi connectivity index (χ1n) is 15.7. The van der Waals surface area contributed by atoms with E-state index in [1.54, 1.807) is 30.3 Å². The van der Waals surface area contributed by atoms with Gasteiger partial charge >= 0.3 is 5.97 Å². The van der Waals surface area contributed by atoms with Gasteiger partial charge in [-0.15, -0.1) is 0 Å². The molecule has 0 saturated carbocycles. The molecule has 5 atom stereocenters. The maximum Gasteiger partial charge on any atom is 0.322 e. The van der Waals surface area contributed by atoms with Crippen LogP contribution in [0.4, 0.5) is 0 Å². The van der Waals surface area contributed by atoms with Crippen molar-refractivity contribution >= 4 is 53.3 Å². The summed E-state index contributed by atoms with van der Waals surface area (Å²) in [6, 6.07) is 2.46. The molecule has 276 valence electrons. The standard InChI is InChI=1S/C30H48N12O8/c1-16(23(45)37-15-22(43)44)39-27(49)20(11-7-13-35-29(31)32)41-25(47)18(3)38-24(46)17(2)40-28(50)21(12-8-14-36-30(33)34)42-26(48)19-9-5-4-6-10-19/h4-6,9-10,16-18,20-21H,7-8,11-15H2,1-3H3,(H,37,45)(H,38,46)(H,39,49)(H,40,50)(H,41,47)(H,42,48)(H,43,44)(H4,31,32,35)(H4,33,34,36)/t16-,17-,18-,20-,21-/m0/s1. The number of hydrogen-bond donors (Lipinski definition) is 11. The number of benzene rings is 1. The summed E-state index contributed by atoms with van der Waals surface area (Å²) in [7, 11) is 0. The molecular formula is C30H48N12O8. The minimum Gasteiger partial charge on any atom is -0.480 e. The summed E-state index contributed by atoms with van der Waals surface area (Å²) in [5.41, 5.74) is 21.7. The van der Waals surface area contributed by atoms with Crippen LogP contribution in [-0.2, 0) is 28.8 Å². The summed E-state index contributed by atoms with van der Waals surface area (Å²) < 4.78 is 0. The molecule has 0 aliphatic heterocycles. The van der Waals surface area contributed by atoms with E-state index in [1.807, 2.05) is 0 Å². The molecule has 1 rings (SSSR count). The quantitative estimate of drug-likeness (QED) is 0.0332. The fraction of sp³-hybridized carbons (Fsp3) is 0.500. The molecule has 1 aromatic rings. The number of aliphatic imine (C=N–C) groups is 2. The Labute approximate surface area is 289 Å². The van der Waals surface area contributed by atoms with E-state index in [-0.39, 0.29) is 44.3 Å². The van der Waals surface area contributed by atoms with Crippen molar-refractivity contribution in [1.29, 1.82) is 0 Å². The molecule has 6 amide bonds. The van der Waals surface area contributed by atoms with Crippen molar-refractivity contribution in [1.82, 2.24) is 31.9 Å². The third kappa shape index (κ3) is 16.7. The number of nitrogens with two attached hydrogens (primary N) is 4. The average Bonchev–Trinajstić information content (AvgIpc) is 3.05. The second-order valence-corrected chi connectivity index (χ2v) is 11.2. The number of amides is 6. The average molecular weight is 705 g/mol. The summed E-state index contributed by atoms with van der Waals surface area (Å²) >= 11 is 0. The summed E-state index contributed by atoms with van der Waals surface area (Å²) in [5.74, 6) is -5.80. The van der Waals surface area contributed by atoms with Crippen LogP contribution >= 0.6 is 0 Å². The Hall–Kier alpha value is -5.95. The van der Waals surface area contributed by atoms with Crippen LogP contribution in [0.5, 0.6) is 0 Å². The lowest BCUT2D eigenvalue weighted by atomic mass is 10.1. The van der Waals surface area contributed by atoms with E-state index < -0.39 is 78.2 Å². The highest BCUT2D eigenvalue weighted by atomic mass is 16.4. The molecule has 50 heavy (non-hydrogen) atoms. The monoisotopic (exact) mass is 704 g/mol. The molecule has 15 N–H and O–H groups in total. The van der Waals surface area contributed by atoms with Gasteiger partial charge in [-0.2, -0.15) is 0 Å². The SMILES string of the molecule is C[C@H](NC(=O)[C@H](C)NC(=O)[C@H](CCCN=C(N)N)NC(=O)c1ccccc1)C(=O)N[C@@H](CCCN=C(N)N)C(=O)N[C@@H](C)C(=O)NCC(=O)O. The molecule has 0 bridgehead atoms. The van der Waals surface area contributed by atoms with Crippen LogP contribution in [0.1, 0.15) is 56.8 Å². The summed E-state index contributed by atoms with van der Waals surface area (Å²) in [4.78, 5) is 95.6. The first-order chi connectivity index (χ1) is 23.5. The van der Waals surface area contributed by atoms with Crippen molar-refractivity contribution in [3.63, 3.8) is 0 Å². The molecule has 0 spiro atoms.